The van der Waals surface area contributed by atoms with Crippen LogP contribution >= 0.6 is 27.3 Å². The van der Waals surface area contributed by atoms with Crippen LogP contribution in [0.25, 0.3) is 16.3 Å². The minimum Gasteiger partial charge on any atom is -0.305 e. The first-order valence-electron chi connectivity index (χ1n) is 8.26. The second-order valence-electron chi connectivity index (χ2n) is 6.03. The van der Waals surface area contributed by atoms with Gasteiger partial charge in [-0.05, 0) is 49.6 Å². The van der Waals surface area contributed by atoms with E-state index in [9.17, 15) is 4.79 Å². The molecular formula is C19H16BrN5OS. The minimum absolute atomic E-state index is 0.224. The van der Waals surface area contributed by atoms with Crippen LogP contribution in [0.15, 0.2) is 52.3 Å². The largest absolute Gasteiger partial charge is 0.305 e. The molecule has 136 valence electrons. The monoisotopic (exact) mass is 441 g/mol. The van der Waals surface area contributed by atoms with Crippen LogP contribution < -0.4 is 5.32 Å². The lowest BCUT2D eigenvalue weighted by molar-refractivity contribution is 0.102. The van der Waals surface area contributed by atoms with Crippen molar-refractivity contribution in [3.63, 3.8) is 0 Å². The molecule has 6 nitrogen and oxygen atoms in total. The van der Waals surface area contributed by atoms with Gasteiger partial charge in [-0.3, -0.25) is 9.89 Å². The van der Waals surface area contributed by atoms with Crippen molar-refractivity contribution in [1.82, 2.24) is 20.0 Å². The highest BCUT2D eigenvalue weighted by Gasteiger charge is 2.20. The molecule has 2 N–H and O–H groups in total. The van der Waals surface area contributed by atoms with Gasteiger partial charge in [-0.25, -0.2) is 4.68 Å². The molecule has 1 amide bonds. The Morgan fingerprint density at radius 3 is 2.70 bits per heavy atom. The summed E-state index contributed by atoms with van der Waals surface area (Å²) in [4.78, 5) is 13.9. The maximum atomic E-state index is 12.8. The Kier molecular flexibility index (Phi) is 4.67. The van der Waals surface area contributed by atoms with Crippen molar-refractivity contribution in [2.24, 2.45) is 0 Å². The lowest BCUT2D eigenvalue weighted by Gasteiger charge is -2.05. The summed E-state index contributed by atoms with van der Waals surface area (Å²) in [5, 5.41) is 16.5. The first-order chi connectivity index (χ1) is 13.0. The number of amides is 1. The molecule has 0 fully saturated rings. The number of carbonyl (C=O) groups excluding carboxylic acids is 1. The molecule has 0 saturated heterocycles. The topological polar surface area (TPSA) is 75.6 Å². The molecule has 0 aliphatic rings. The van der Waals surface area contributed by atoms with Gasteiger partial charge < -0.3 is 5.32 Å². The predicted molar refractivity (Wildman–Crippen MR) is 111 cm³/mol. The zero-order valence-electron chi connectivity index (χ0n) is 14.7. The number of thiophene rings is 1. The number of aryl methyl sites for hydroxylation is 1. The van der Waals surface area contributed by atoms with Crippen LogP contribution in [0.3, 0.4) is 0 Å². The Hall–Kier alpha value is -2.71. The van der Waals surface area contributed by atoms with E-state index in [-0.39, 0.29) is 5.91 Å². The van der Waals surface area contributed by atoms with Gasteiger partial charge in [0.25, 0.3) is 5.91 Å². The maximum absolute atomic E-state index is 12.8. The van der Waals surface area contributed by atoms with E-state index in [2.05, 4.69) is 36.5 Å². The van der Waals surface area contributed by atoms with Gasteiger partial charge in [-0.1, -0.05) is 22.0 Å². The summed E-state index contributed by atoms with van der Waals surface area (Å²) in [5.74, 6) is 0.260. The van der Waals surface area contributed by atoms with Crippen molar-refractivity contribution in [2.75, 3.05) is 5.32 Å². The van der Waals surface area contributed by atoms with Gasteiger partial charge >= 0.3 is 0 Å². The van der Waals surface area contributed by atoms with Crippen molar-refractivity contribution < 1.29 is 4.79 Å². The van der Waals surface area contributed by atoms with Gasteiger partial charge in [0.2, 0.25) is 0 Å². The van der Waals surface area contributed by atoms with Crippen LogP contribution in [-0.4, -0.2) is 25.9 Å². The fourth-order valence-electron chi connectivity index (χ4n) is 2.93. The zero-order valence-corrected chi connectivity index (χ0v) is 17.1. The molecule has 0 aliphatic carbocycles. The first-order valence-corrected chi connectivity index (χ1v) is 9.93. The molecule has 0 unspecified atom stereocenters. The SMILES string of the molecule is Cc1nn(-c2ccc(Br)cc2)c(C)c1C(=O)Nc1cc(-c2cccs2)[nH]n1. The summed E-state index contributed by atoms with van der Waals surface area (Å²) in [6.07, 6.45) is 0. The normalized spacial score (nSPS) is 10.9. The van der Waals surface area contributed by atoms with Gasteiger partial charge in [0.1, 0.15) is 0 Å². The van der Waals surface area contributed by atoms with Crippen LogP contribution in [0.2, 0.25) is 0 Å². The number of aromatic amines is 1. The zero-order chi connectivity index (χ0) is 19.0. The number of nitrogens with one attached hydrogen (secondary N) is 2. The van der Waals surface area contributed by atoms with E-state index < -0.39 is 0 Å². The Bertz CT molecular complexity index is 1100. The Morgan fingerprint density at radius 1 is 1.22 bits per heavy atom. The van der Waals surface area contributed by atoms with Crippen LogP contribution in [0, 0.1) is 13.8 Å². The second kappa shape index (κ2) is 7.13. The number of anilines is 1. The van der Waals surface area contributed by atoms with Crippen LogP contribution in [0.5, 0.6) is 0 Å². The number of hydrogen-bond donors (Lipinski definition) is 2. The van der Waals surface area contributed by atoms with Gasteiger partial charge in [0, 0.05) is 10.5 Å². The number of nitrogens with zero attached hydrogens (tertiary/aromatic N) is 3. The van der Waals surface area contributed by atoms with Gasteiger partial charge in [0.05, 0.1) is 33.2 Å². The van der Waals surface area contributed by atoms with Gasteiger partial charge in [-0.15, -0.1) is 11.3 Å². The predicted octanol–water partition coefficient (Wildman–Crippen LogP) is 4.96. The smallest absolute Gasteiger partial charge is 0.260 e. The maximum Gasteiger partial charge on any atom is 0.260 e. The molecule has 0 saturated carbocycles. The van der Waals surface area contributed by atoms with Crippen LogP contribution in [0.4, 0.5) is 5.82 Å². The molecule has 8 heteroatoms. The fourth-order valence-corrected chi connectivity index (χ4v) is 3.88. The Balaban J connectivity index is 1.60. The lowest BCUT2D eigenvalue weighted by atomic mass is 10.2. The highest BCUT2D eigenvalue weighted by Crippen LogP contribution is 2.25. The molecule has 27 heavy (non-hydrogen) atoms. The molecule has 3 heterocycles. The summed E-state index contributed by atoms with van der Waals surface area (Å²) >= 11 is 5.04. The first kappa shape index (κ1) is 17.7. The third-order valence-corrected chi connectivity index (χ3v) is 5.63. The van der Waals surface area contributed by atoms with E-state index >= 15 is 0 Å². The van der Waals surface area contributed by atoms with E-state index in [1.807, 2.05) is 61.7 Å². The Labute approximate surface area is 168 Å². The molecule has 0 bridgehead atoms. The minimum atomic E-state index is -0.224. The number of carbonyl (C=O) groups is 1. The molecule has 3 aromatic heterocycles. The van der Waals surface area contributed by atoms with E-state index in [4.69, 9.17) is 0 Å². The standard InChI is InChI=1S/C19H16BrN5OS/c1-11-18(12(2)25(24-11)14-7-5-13(20)6-8-14)19(26)21-17-10-15(22-23-17)16-4-3-9-27-16/h3-10H,1-2H3,(H2,21,22,23,26). The van der Waals surface area contributed by atoms with E-state index in [1.54, 1.807) is 16.0 Å². The molecule has 0 radical (unpaired) electrons. The third kappa shape index (κ3) is 3.45. The summed E-state index contributed by atoms with van der Waals surface area (Å²) in [6, 6.07) is 13.6. The fraction of sp³-hybridized carbons (Fsp3) is 0.105. The van der Waals surface area contributed by atoms with Crippen molar-refractivity contribution in [1.29, 1.82) is 0 Å². The second-order valence-corrected chi connectivity index (χ2v) is 7.90. The number of H-pyrrole nitrogens is 1. The quantitative estimate of drug-likeness (QED) is 0.469. The number of hydrogen-bond acceptors (Lipinski definition) is 4. The van der Waals surface area contributed by atoms with Crippen molar-refractivity contribution in [3.8, 4) is 16.3 Å². The molecule has 0 spiro atoms. The molecular weight excluding hydrogens is 426 g/mol. The molecule has 0 atom stereocenters. The van der Waals surface area contributed by atoms with E-state index in [1.165, 1.54) is 0 Å². The molecule has 0 aliphatic heterocycles. The van der Waals surface area contributed by atoms with Crippen molar-refractivity contribution in [3.05, 3.63) is 69.3 Å². The average Bonchev–Trinajstić information content (AvgIpc) is 3.36. The number of aromatic nitrogens is 4. The number of halogens is 1. The summed E-state index contributed by atoms with van der Waals surface area (Å²) in [5.41, 5.74) is 3.78. The van der Waals surface area contributed by atoms with Gasteiger partial charge in [0.15, 0.2) is 5.82 Å². The molecule has 1 aromatic carbocycles. The highest BCUT2D eigenvalue weighted by atomic mass is 79.9. The van der Waals surface area contributed by atoms with Crippen LogP contribution in [-0.2, 0) is 0 Å². The third-order valence-electron chi connectivity index (χ3n) is 4.20. The average molecular weight is 442 g/mol. The number of rotatable bonds is 4. The number of benzene rings is 1. The van der Waals surface area contributed by atoms with Crippen molar-refractivity contribution in [2.45, 2.75) is 13.8 Å². The van der Waals surface area contributed by atoms with Crippen molar-refractivity contribution >= 4 is 39.0 Å². The highest BCUT2D eigenvalue weighted by molar-refractivity contribution is 9.10. The van der Waals surface area contributed by atoms with E-state index in [0.717, 1.165) is 26.4 Å². The van der Waals surface area contributed by atoms with Gasteiger partial charge in [-0.2, -0.15) is 10.2 Å². The summed E-state index contributed by atoms with van der Waals surface area (Å²) < 4.78 is 2.77. The van der Waals surface area contributed by atoms with Crippen LogP contribution in [0.1, 0.15) is 21.7 Å². The van der Waals surface area contributed by atoms with E-state index in [0.29, 0.717) is 17.1 Å². The Morgan fingerprint density at radius 2 is 2.00 bits per heavy atom. The summed E-state index contributed by atoms with van der Waals surface area (Å²) in [6.45, 7) is 3.72. The summed E-state index contributed by atoms with van der Waals surface area (Å²) in [7, 11) is 0. The molecule has 4 aromatic rings. The molecule has 4 rings (SSSR count). The lowest BCUT2D eigenvalue weighted by Crippen LogP contribution is -2.14.